The Morgan fingerprint density at radius 1 is 1.22 bits per heavy atom. The van der Waals surface area contributed by atoms with Crippen LogP contribution in [0, 0.1) is 16.0 Å². The number of non-ortho nitro benzene ring substituents is 1. The molecule has 0 fully saturated rings. The molecule has 0 unspecified atom stereocenters. The van der Waals surface area contributed by atoms with Gasteiger partial charge in [-0.05, 0) is 41.7 Å². The van der Waals surface area contributed by atoms with Crippen LogP contribution in [-0.2, 0) is 0 Å². The monoisotopic (exact) mass is 326 g/mol. The number of allylic oxidation sites excluding steroid dienone is 2. The van der Waals surface area contributed by atoms with Crippen LogP contribution in [0.3, 0.4) is 0 Å². The maximum atomic E-state index is 11.1. The van der Waals surface area contributed by atoms with Crippen molar-refractivity contribution in [1.82, 2.24) is 0 Å². The SMILES string of the molecule is O=[N+]([O-])c1cccc([C@H]2Nc3ccc(Cl)cc3[C@@H]3C=CC[C@H]23)c1. The highest BCUT2D eigenvalue weighted by atomic mass is 35.5. The minimum Gasteiger partial charge on any atom is -0.378 e. The molecule has 0 saturated heterocycles. The Kier molecular flexibility index (Phi) is 3.34. The number of hydrogen-bond acceptors (Lipinski definition) is 3. The molecule has 23 heavy (non-hydrogen) atoms. The number of rotatable bonds is 2. The third kappa shape index (κ3) is 2.39. The number of nitro groups is 1. The van der Waals surface area contributed by atoms with Gasteiger partial charge in [-0.15, -0.1) is 0 Å². The number of hydrogen-bond donors (Lipinski definition) is 1. The maximum absolute atomic E-state index is 11.1. The largest absolute Gasteiger partial charge is 0.378 e. The molecule has 1 aliphatic carbocycles. The van der Waals surface area contributed by atoms with Crippen LogP contribution in [0.5, 0.6) is 0 Å². The molecular weight excluding hydrogens is 312 g/mol. The quantitative estimate of drug-likeness (QED) is 0.476. The zero-order valence-electron chi connectivity index (χ0n) is 12.3. The molecule has 0 spiro atoms. The summed E-state index contributed by atoms with van der Waals surface area (Å²) in [5.74, 6) is 0.650. The first-order valence-electron chi connectivity index (χ1n) is 7.60. The summed E-state index contributed by atoms with van der Waals surface area (Å²) in [6.07, 6.45) is 5.37. The Morgan fingerprint density at radius 2 is 2.09 bits per heavy atom. The highest BCUT2D eigenvalue weighted by molar-refractivity contribution is 6.30. The Hall–Kier alpha value is -2.33. The van der Waals surface area contributed by atoms with Crippen molar-refractivity contribution in [3.8, 4) is 0 Å². The van der Waals surface area contributed by atoms with Crippen molar-refractivity contribution in [2.24, 2.45) is 5.92 Å². The van der Waals surface area contributed by atoms with Gasteiger partial charge < -0.3 is 5.32 Å². The Balaban J connectivity index is 1.78. The van der Waals surface area contributed by atoms with Crippen LogP contribution >= 0.6 is 11.6 Å². The van der Waals surface area contributed by atoms with E-state index in [0.717, 1.165) is 22.7 Å². The normalized spacial score (nSPS) is 24.7. The van der Waals surface area contributed by atoms with E-state index in [0.29, 0.717) is 11.8 Å². The smallest absolute Gasteiger partial charge is 0.269 e. The second-order valence-corrected chi connectivity index (χ2v) is 6.50. The van der Waals surface area contributed by atoms with E-state index in [2.05, 4.69) is 17.5 Å². The van der Waals surface area contributed by atoms with Gasteiger partial charge in [-0.1, -0.05) is 35.9 Å². The van der Waals surface area contributed by atoms with E-state index < -0.39 is 0 Å². The molecule has 0 aromatic heterocycles. The van der Waals surface area contributed by atoms with Gasteiger partial charge in [0.1, 0.15) is 0 Å². The van der Waals surface area contributed by atoms with Crippen molar-refractivity contribution in [2.75, 3.05) is 5.32 Å². The molecule has 1 aliphatic heterocycles. The molecule has 2 aromatic rings. The molecule has 0 bridgehead atoms. The second-order valence-electron chi connectivity index (χ2n) is 6.06. The van der Waals surface area contributed by atoms with Crippen LogP contribution in [0.2, 0.25) is 5.02 Å². The highest BCUT2D eigenvalue weighted by Crippen LogP contribution is 2.50. The predicted molar refractivity (Wildman–Crippen MR) is 90.9 cm³/mol. The second kappa shape index (κ2) is 5.39. The van der Waals surface area contributed by atoms with Crippen LogP contribution in [0.15, 0.2) is 54.6 Å². The van der Waals surface area contributed by atoms with Crippen molar-refractivity contribution in [3.05, 3.63) is 80.9 Å². The van der Waals surface area contributed by atoms with Crippen LogP contribution in [0.25, 0.3) is 0 Å². The van der Waals surface area contributed by atoms with Gasteiger partial charge in [-0.3, -0.25) is 10.1 Å². The fourth-order valence-electron chi connectivity index (χ4n) is 3.73. The lowest BCUT2D eigenvalue weighted by Crippen LogP contribution is -2.29. The summed E-state index contributed by atoms with van der Waals surface area (Å²) in [5.41, 5.74) is 3.35. The zero-order valence-corrected chi connectivity index (χ0v) is 13.0. The van der Waals surface area contributed by atoms with Gasteiger partial charge >= 0.3 is 0 Å². The van der Waals surface area contributed by atoms with Gasteiger partial charge in [0.2, 0.25) is 0 Å². The number of benzene rings is 2. The lowest BCUT2D eigenvalue weighted by atomic mass is 9.77. The zero-order chi connectivity index (χ0) is 16.0. The summed E-state index contributed by atoms with van der Waals surface area (Å²) in [4.78, 5) is 10.7. The number of halogens is 1. The molecule has 4 rings (SSSR count). The minimum absolute atomic E-state index is 0.0589. The molecule has 4 nitrogen and oxygen atoms in total. The standard InChI is InChI=1S/C18H15ClN2O2/c19-12-7-8-17-16(10-12)14-5-2-6-15(14)18(20-17)11-3-1-4-13(9-11)21(22)23/h1-5,7-10,14-15,18,20H,6H2/t14-,15+,18-/m1/s1. The van der Waals surface area contributed by atoms with Gasteiger partial charge in [0.05, 0.1) is 11.0 Å². The fourth-order valence-corrected chi connectivity index (χ4v) is 3.91. The molecule has 2 aromatic carbocycles. The lowest BCUT2D eigenvalue weighted by molar-refractivity contribution is -0.384. The van der Waals surface area contributed by atoms with Crippen molar-refractivity contribution in [2.45, 2.75) is 18.4 Å². The number of nitrogens with one attached hydrogen (secondary N) is 1. The molecule has 1 N–H and O–H groups in total. The Labute approximate surface area is 138 Å². The van der Waals surface area contributed by atoms with Crippen LogP contribution in [-0.4, -0.2) is 4.92 Å². The van der Waals surface area contributed by atoms with E-state index in [9.17, 15) is 10.1 Å². The van der Waals surface area contributed by atoms with Crippen molar-refractivity contribution in [3.63, 3.8) is 0 Å². The summed E-state index contributed by atoms with van der Waals surface area (Å²) in [5, 5.41) is 15.3. The van der Waals surface area contributed by atoms with E-state index in [1.165, 1.54) is 11.6 Å². The molecule has 116 valence electrons. The van der Waals surface area contributed by atoms with Crippen LogP contribution < -0.4 is 5.32 Å². The average molecular weight is 327 g/mol. The summed E-state index contributed by atoms with van der Waals surface area (Å²) >= 11 is 6.15. The highest BCUT2D eigenvalue weighted by Gasteiger charge is 2.38. The molecular formula is C18H15ClN2O2. The van der Waals surface area contributed by atoms with Gasteiger partial charge in [0.15, 0.2) is 0 Å². The number of anilines is 1. The van der Waals surface area contributed by atoms with E-state index in [1.807, 2.05) is 24.3 Å². The summed E-state index contributed by atoms with van der Waals surface area (Å²) in [6.45, 7) is 0. The van der Waals surface area contributed by atoms with Crippen LogP contribution in [0.1, 0.15) is 29.5 Å². The van der Waals surface area contributed by atoms with E-state index in [4.69, 9.17) is 11.6 Å². The molecule has 2 aliphatic rings. The van der Waals surface area contributed by atoms with Gasteiger partial charge in [0.25, 0.3) is 5.69 Å². The minimum atomic E-state index is -0.343. The molecule has 0 radical (unpaired) electrons. The maximum Gasteiger partial charge on any atom is 0.269 e. The molecule has 5 heteroatoms. The van der Waals surface area contributed by atoms with Crippen LogP contribution in [0.4, 0.5) is 11.4 Å². The van der Waals surface area contributed by atoms with Gasteiger partial charge in [-0.2, -0.15) is 0 Å². The summed E-state index contributed by atoms with van der Waals surface area (Å²) in [6, 6.07) is 12.9. The van der Waals surface area contributed by atoms with Gasteiger partial charge in [-0.25, -0.2) is 0 Å². The molecule has 1 heterocycles. The van der Waals surface area contributed by atoms with Crippen molar-refractivity contribution in [1.29, 1.82) is 0 Å². The summed E-state index contributed by atoms with van der Waals surface area (Å²) < 4.78 is 0. The van der Waals surface area contributed by atoms with Crippen molar-refractivity contribution < 1.29 is 4.92 Å². The summed E-state index contributed by atoms with van der Waals surface area (Å²) in [7, 11) is 0. The first kappa shape index (κ1) is 14.3. The Morgan fingerprint density at radius 3 is 2.91 bits per heavy atom. The molecule has 0 amide bonds. The lowest BCUT2D eigenvalue weighted by Gasteiger charge is -2.37. The van der Waals surface area contributed by atoms with Crippen molar-refractivity contribution >= 4 is 23.0 Å². The molecule has 0 saturated carbocycles. The first-order valence-corrected chi connectivity index (χ1v) is 7.98. The third-order valence-electron chi connectivity index (χ3n) is 4.76. The van der Waals surface area contributed by atoms with Gasteiger partial charge in [0, 0.05) is 28.8 Å². The number of fused-ring (bicyclic) bond motifs is 3. The number of nitro benzene ring substituents is 1. The third-order valence-corrected chi connectivity index (χ3v) is 5.00. The van der Waals surface area contributed by atoms with E-state index in [1.54, 1.807) is 12.1 Å². The van der Waals surface area contributed by atoms with E-state index >= 15 is 0 Å². The predicted octanol–water partition coefficient (Wildman–Crippen LogP) is 5.07. The van der Waals surface area contributed by atoms with E-state index in [-0.39, 0.29) is 16.7 Å². The topological polar surface area (TPSA) is 55.2 Å². The first-order chi connectivity index (χ1) is 11.1. The number of nitrogens with zero attached hydrogens (tertiary/aromatic N) is 1. The fraction of sp³-hybridized carbons (Fsp3) is 0.222. The molecule has 3 atom stereocenters. The average Bonchev–Trinajstić information content (AvgIpc) is 3.04. The Bertz CT molecular complexity index is 818.